The SMILES string of the molecule is COc1ccc(OC[C@@H]2CN(C(C)C)CC[C@H]2c2ccc(F)cc2)cc1.Cl. The summed E-state index contributed by atoms with van der Waals surface area (Å²) in [4.78, 5) is 2.50. The molecule has 0 amide bonds. The van der Waals surface area contributed by atoms with Gasteiger partial charge in [-0.25, -0.2) is 4.39 Å². The van der Waals surface area contributed by atoms with Crippen molar-refractivity contribution >= 4 is 12.4 Å². The van der Waals surface area contributed by atoms with Gasteiger partial charge in [-0.15, -0.1) is 12.4 Å². The first-order chi connectivity index (χ1) is 12.6. The molecule has 1 aliphatic heterocycles. The van der Waals surface area contributed by atoms with E-state index in [2.05, 4.69) is 18.7 Å². The molecule has 3 nitrogen and oxygen atoms in total. The average Bonchev–Trinajstić information content (AvgIpc) is 2.67. The number of methoxy groups -OCH3 is 1. The molecule has 0 unspecified atom stereocenters. The molecule has 148 valence electrons. The van der Waals surface area contributed by atoms with Gasteiger partial charge in [-0.3, -0.25) is 0 Å². The molecule has 0 N–H and O–H groups in total. The van der Waals surface area contributed by atoms with Crippen LogP contribution < -0.4 is 9.47 Å². The third kappa shape index (κ3) is 5.60. The molecule has 27 heavy (non-hydrogen) atoms. The van der Waals surface area contributed by atoms with Crippen molar-refractivity contribution in [2.45, 2.75) is 32.2 Å². The van der Waals surface area contributed by atoms with Crippen LogP contribution in [0.2, 0.25) is 0 Å². The number of halogens is 2. The third-order valence-electron chi connectivity index (χ3n) is 5.32. The van der Waals surface area contributed by atoms with Crippen LogP contribution in [-0.4, -0.2) is 37.7 Å². The van der Waals surface area contributed by atoms with Gasteiger partial charge in [0.2, 0.25) is 0 Å². The highest BCUT2D eigenvalue weighted by Crippen LogP contribution is 2.34. The zero-order valence-electron chi connectivity index (χ0n) is 16.2. The first kappa shape index (κ1) is 21.5. The topological polar surface area (TPSA) is 21.7 Å². The molecule has 3 rings (SSSR count). The molecule has 1 saturated heterocycles. The second-order valence-electron chi connectivity index (χ2n) is 7.28. The number of rotatable bonds is 6. The highest BCUT2D eigenvalue weighted by molar-refractivity contribution is 5.85. The van der Waals surface area contributed by atoms with E-state index < -0.39 is 0 Å². The molecular weight excluding hydrogens is 365 g/mol. The van der Waals surface area contributed by atoms with E-state index in [1.165, 1.54) is 5.56 Å². The van der Waals surface area contributed by atoms with Crippen LogP contribution in [0.1, 0.15) is 31.7 Å². The molecule has 1 fully saturated rings. The van der Waals surface area contributed by atoms with E-state index in [0.29, 0.717) is 24.5 Å². The Bertz CT molecular complexity index is 690. The highest BCUT2D eigenvalue weighted by Gasteiger charge is 2.31. The lowest BCUT2D eigenvalue weighted by molar-refractivity contribution is 0.0898. The zero-order valence-corrected chi connectivity index (χ0v) is 17.0. The van der Waals surface area contributed by atoms with Crippen LogP contribution in [0.3, 0.4) is 0 Å². The number of likely N-dealkylation sites (tertiary alicyclic amines) is 1. The van der Waals surface area contributed by atoms with Gasteiger partial charge >= 0.3 is 0 Å². The molecule has 2 aromatic carbocycles. The van der Waals surface area contributed by atoms with Crippen LogP contribution in [0.25, 0.3) is 0 Å². The summed E-state index contributed by atoms with van der Waals surface area (Å²) in [7, 11) is 1.66. The van der Waals surface area contributed by atoms with E-state index in [1.807, 2.05) is 36.4 Å². The zero-order chi connectivity index (χ0) is 18.5. The quantitative estimate of drug-likeness (QED) is 0.677. The number of hydrogen-bond donors (Lipinski definition) is 0. The first-order valence-electron chi connectivity index (χ1n) is 9.33. The summed E-state index contributed by atoms with van der Waals surface area (Å²) in [6, 6.07) is 15.2. The monoisotopic (exact) mass is 393 g/mol. The predicted molar refractivity (Wildman–Crippen MR) is 110 cm³/mol. The largest absolute Gasteiger partial charge is 0.497 e. The fourth-order valence-corrected chi connectivity index (χ4v) is 3.72. The Morgan fingerprint density at radius 1 is 1.04 bits per heavy atom. The van der Waals surface area contributed by atoms with Crippen LogP contribution in [0.5, 0.6) is 11.5 Å². The minimum atomic E-state index is -0.181. The van der Waals surface area contributed by atoms with Gasteiger partial charge < -0.3 is 14.4 Å². The minimum absolute atomic E-state index is 0. The van der Waals surface area contributed by atoms with Crippen molar-refractivity contribution in [2.24, 2.45) is 5.92 Å². The second-order valence-corrected chi connectivity index (χ2v) is 7.28. The Labute approximate surface area is 167 Å². The second kappa shape index (κ2) is 9.95. The van der Waals surface area contributed by atoms with E-state index in [9.17, 15) is 4.39 Å². The van der Waals surface area contributed by atoms with Crippen LogP contribution in [0.15, 0.2) is 48.5 Å². The molecule has 2 aromatic rings. The van der Waals surface area contributed by atoms with Gasteiger partial charge in [-0.2, -0.15) is 0 Å². The molecule has 1 aliphatic rings. The van der Waals surface area contributed by atoms with Crippen molar-refractivity contribution in [3.8, 4) is 11.5 Å². The average molecular weight is 394 g/mol. The fourth-order valence-electron chi connectivity index (χ4n) is 3.72. The minimum Gasteiger partial charge on any atom is -0.497 e. The molecule has 0 aromatic heterocycles. The standard InChI is InChI=1S/C22H28FNO2.ClH/c1-16(2)24-13-12-22(17-4-6-19(23)7-5-17)18(14-24)15-26-21-10-8-20(25-3)9-11-21;/h4-11,16,18,22H,12-15H2,1-3H3;1H/t18-,22-;/m0./s1. The summed E-state index contributed by atoms with van der Waals surface area (Å²) in [6.07, 6.45) is 1.07. The van der Waals surface area contributed by atoms with Crippen molar-refractivity contribution in [2.75, 3.05) is 26.8 Å². The molecule has 1 heterocycles. The molecule has 0 radical (unpaired) electrons. The smallest absolute Gasteiger partial charge is 0.123 e. The summed E-state index contributed by atoms with van der Waals surface area (Å²) < 4.78 is 24.6. The van der Waals surface area contributed by atoms with Gasteiger partial charge in [0.05, 0.1) is 13.7 Å². The Balaban J connectivity index is 0.00000261. The number of benzene rings is 2. The van der Waals surface area contributed by atoms with E-state index in [-0.39, 0.29) is 18.2 Å². The number of hydrogen-bond acceptors (Lipinski definition) is 3. The predicted octanol–water partition coefficient (Wildman–Crippen LogP) is 5.15. The van der Waals surface area contributed by atoms with Crippen molar-refractivity contribution < 1.29 is 13.9 Å². The molecule has 0 aliphatic carbocycles. The van der Waals surface area contributed by atoms with Gasteiger partial charge in [0.1, 0.15) is 17.3 Å². The van der Waals surface area contributed by atoms with Gasteiger partial charge in [0.15, 0.2) is 0 Å². The molecule has 5 heteroatoms. The van der Waals surface area contributed by atoms with Crippen molar-refractivity contribution in [1.82, 2.24) is 4.90 Å². The highest BCUT2D eigenvalue weighted by atomic mass is 35.5. The third-order valence-corrected chi connectivity index (χ3v) is 5.32. The lowest BCUT2D eigenvalue weighted by Gasteiger charge is -2.40. The summed E-state index contributed by atoms with van der Waals surface area (Å²) in [5.74, 6) is 2.26. The lowest BCUT2D eigenvalue weighted by atomic mass is 9.80. The van der Waals surface area contributed by atoms with Crippen molar-refractivity contribution in [1.29, 1.82) is 0 Å². The normalized spacial score (nSPS) is 20.2. The van der Waals surface area contributed by atoms with Gasteiger partial charge in [-0.05, 0) is 74.7 Å². The van der Waals surface area contributed by atoms with E-state index in [4.69, 9.17) is 9.47 Å². The maximum absolute atomic E-state index is 13.3. The van der Waals surface area contributed by atoms with Crippen molar-refractivity contribution in [3.05, 3.63) is 59.9 Å². The van der Waals surface area contributed by atoms with Gasteiger partial charge in [0.25, 0.3) is 0 Å². The van der Waals surface area contributed by atoms with Crippen molar-refractivity contribution in [3.63, 3.8) is 0 Å². The number of nitrogens with zero attached hydrogens (tertiary/aromatic N) is 1. The van der Waals surface area contributed by atoms with Crippen LogP contribution in [0, 0.1) is 11.7 Å². The number of piperidine rings is 1. The summed E-state index contributed by atoms with van der Waals surface area (Å²) in [5, 5.41) is 0. The van der Waals surface area contributed by atoms with Gasteiger partial charge in [-0.1, -0.05) is 12.1 Å². The molecule has 0 bridgehead atoms. The molecule has 2 atom stereocenters. The van der Waals surface area contributed by atoms with E-state index >= 15 is 0 Å². The Morgan fingerprint density at radius 2 is 1.67 bits per heavy atom. The number of ether oxygens (including phenoxy) is 2. The molecular formula is C22H29ClFNO2. The fraction of sp³-hybridized carbons (Fsp3) is 0.455. The summed E-state index contributed by atoms with van der Waals surface area (Å²) in [5.41, 5.74) is 1.21. The van der Waals surface area contributed by atoms with Crippen LogP contribution >= 0.6 is 12.4 Å². The van der Waals surface area contributed by atoms with E-state index in [0.717, 1.165) is 31.0 Å². The Morgan fingerprint density at radius 3 is 2.26 bits per heavy atom. The van der Waals surface area contributed by atoms with Crippen LogP contribution in [-0.2, 0) is 0 Å². The Hall–Kier alpha value is -1.78. The lowest BCUT2D eigenvalue weighted by Crippen LogP contribution is -2.45. The summed E-state index contributed by atoms with van der Waals surface area (Å²) in [6.45, 7) is 7.19. The molecule has 0 spiro atoms. The maximum atomic E-state index is 13.3. The van der Waals surface area contributed by atoms with E-state index in [1.54, 1.807) is 19.2 Å². The maximum Gasteiger partial charge on any atom is 0.123 e. The molecule has 0 saturated carbocycles. The Kier molecular flexibility index (Phi) is 7.93. The summed E-state index contributed by atoms with van der Waals surface area (Å²) >= 11 is 0. The first-order valence-corrected chi connectivity index (χ1v) is 9.33. The van der Waals surface area contributed by atoms with Gasteiger partial charge in [0, 0.05) is 18.5 Å². The van der Waals surface area contributed by atoms with Crippen LogP contribution in [0.4, 0.5) is 4.39 Å².